The summed E-state index contributed by atoms with van der Waals surface area (Å²) in [6, 6.07) is 8.14. The molecular formula is C17H23NO3. The van der Waals surface area contributed by atoms with Crippen LogP contribution < -0.4 is 0 Å². The zero-order chi connectivity index (χ0) is 15.2. The minimum atomic E-state index is -0.360. The van der Waals surface area contributed by atoms with E-state index in [1.165, 1.54) is 12.7 Å². The Kier molecular flexibility index (Phi) is 5.37. The number of hydrogen-bond acceptors (Lipinski definition) is 3. The fraction of sp³-hybridized carbons (Fsp3) is 0.529. The van der Waals surface area contributed by atoms with Gasteiger partial charge in [0.1, 0.15) is 6.54 Å². The molecule has 1 aliphatic rings. The predicted octanol–water partition coefficient (Wildman–Crippen LogP) is 2.52. The average molecular weight is 289 g/mol. The molecule has 0 aromatic heterocycles. The summed E-state index contributed by atoms with van der Waals surface area (Å²) in [4.78, 5) is 26.0. The number of aryl methyl sites for hydroxylation is 1. The topological polar surface area (TPSA) is 46.6 Å². The van der Waals surface area contributed by atoms with E-state index in [1.807, 2.05) is 25.1 Å². The van der Waals surface area contributed by atoms with Gasteiger partial charge in [0, 0.05) is 6.54 Å². The molecule has 21 heavy (non-hydrogen) atoms. The monoisotopic (exact) mass is 289 g/mol. The van der Waals surface area contributed by atoms with Crippen LogP contribution in [-0.4, -0.2) is 37.0 Å². The maximum absolute atomic E-state index is 12.8. The highest BCUT2D eigenvalue weighted by Crippen LogP contribution is 2.32. The minimum absolute atomic E-state index is 0.0435. The van der Waals surface area contributed by atoms with Crippen LogP contribution in [0.4, 0.5) is 0 Å². The number of nitrogens with zero attached hydrogens (tertiary/aromatic N) is 1. The van der Waals surface area contributed by atoms with Crippen molar-refractivity contribution >= 4 is 11.9 Å². The van der Waals surface area contributed by atoms with Gasteiger partial charge in [0.2, 0.25) is 5.91 Å². The first kappa shape index (κ1) is 15.5. The molecule has 1 unspecified atom stereocenters. The van der Waals surface area contributed by atoms with E-state index in [0.29, 0.717) is 6.54 Å². The lowest BCUT2D eigenvalue weighted by Crippen LogP contribution is -2.40. The molecule has 114 valence electrons. The van der Waals surface area contributed by atoms with Gasteiger partial charge in [0.15, 0.2) is 0 Å². The number of hydrogen-bond donors (Lipinski definition) is 0. The van der Waals surface area contributed by atoms with Crippen molar-refractivity contribution in [1.82, 2.24) is 4.90 Å². The number of benzene rings is 1. The lowest BCUT2D eigenvalue weighted by atomic mass is 9.82. The lowest BCUT2D eigenvalue weighted by molar-refractivity contribution is -0.147. The molecule has 4 heteroatoms. The average Bonchev–Trinajstić information content (AvgIpc) is 2.53. The van der Waals surface area contributed by atoms with Crippen LogP contribution in [0.2, 0.25) is 0 Å². The highest BCUT2D eigenvalue weighted by atomic mass is 16.5. The lowest BCUT2D eigenvalue weighted by Gasteiger charge is -2.30. The summed E-state index contributed by atoms with van der Waals surface area (Å²) >= 11 is 0. The number of esters is 1. The maximum atomic E-state index is 12.8. The first-order chi connectivity index (χ1) is 10.2. The van der Waals surface area contributed by atoms with Crippen LogP contribution in [0.15, 0.2) is 24.3 Å². The van der Waals surface area contributed by atoms with Crippen molar-refractivity contribution < 1.29 is 14.3 Å². The van der Waals surface area contributed by atoms with Crippen LogP contribution >= 0.6 is 0 Å². The van der Waals surface area contributed by atoms with Crippen molar-refractivity contribution in [3.8, 4) is 0 Å². The summed E-state index contributed by atoms with van der Waals surface area (Å²) in [5.74, 6) is -0.429. The second-order valence-electron chi connectivity index (χ2n) is 5.48. The Balaban J connectivity index is 2.19. The summed E-state index contributed by atoms with van der Waals surface area (Å²) in [5, 5.41) is 0. The number of amides is 1. The van der Waals surface area contributed by atoms with Crippen LogP contribution in [0.25, 0.3) is 0 Å². The fourth-order valence-corrected chi connectivity index (χ4v) is 2.99. The fourth-order valence-electron chi connectivity index (χ4n) is 2.99. The number of methoxy groups -OCH3 is 1. The van der Waals surface area contributed by atoms with Gasteiger partial charge in [-0.2, -0.15) is 0 Å². The molecule has 0 saturated carbocycles. The van der Waals surface area contributed by atoms with Crippen molar-refractivity contribution in [2.75, 3.05) is 20.2 Å². The normalized spacial score (nSPS) is 17.0. The van der Waals surface area contributed by atoms with Crippen LogP contribution in [0.1, 0.15) is 43.2 Å². The van der Waals surface area contributed by atoms with Gasteiger partial charge in [-0.15, -0.1) is 0 Å². The van der Waals surface area contributed by atoms with Crippen molar-refractivity contribution in [2.45, 2.75) is 38.5 Å². The molecule has 0 spiro atoms. The summed E-state index contributed by atoms with van der Waals surface area (Å²) in [5.41, 5.74) is 2.39. The molecule has 1 aromatic rings. The zero-order valence-corrected chi connectivity index (χ0v) is 12.8. The quantitative estimate of drug-likeness (QED) is 0.783. The molecule has 0 radical (unpaired) electrons. The van der Waals surface area contributed by atoms with Gasteiger partial charge in [-0.25, -0.2) is 0 Å². The van der Waals surface area contributed by atoms with E-state index in [4.69, 9.17) is 4.74 Å². The largest absolute Gasteiger partial charge is 0.468 e. The molecule has 0 heterocycles. The minimum Gasteiger partial charge on any atom is -0.468 e. The van der Waals surface area contributed by atoms with Crippen LogP contribution in [0.5, 0.6) is 0 Å². The van der Waals surface area contributed by atoms with Crippen molar-refractivity contribution in [2.24, 2.45) is 0 Å². The molecule has 4 nitrogen and oxygen atoms in total. The van der Waals surface area contributed by atoms with Gasteiger partial charge >= 0.3 is 5.97 Å². The summed E-state index contributed by atoms with van der Waals surface area (Å²) in [6.07, 6.45) is 3.74. The Bertz CT molecular complexity index is 513. The van der Waals surface area contributed by atoms with Gasteiger partial charge in [-0.1, -0.05) is 31.2 Å². The standard InChI is InChI=1S/C17H23NO3/c1-3-11-18(12-16(19)21-2)17(20)15-10-6-8-13-7-4-5-9-14(13)15/h4-5,7,9,15H,3,6,8,10-12H2,1-2H3. The Morgan fingerprint density at radius 2 is 2.10 bits per heavy atom. The van der Waals surface area contributed by atoms with E-state index in [2.05, 4.69) is 6.07 Å². The third-order valence-corrected chi connectivity index (χ3v) is 4.02. The zero-order valence-electron chi connectivity index (χ0n) is 12.8. The molecule has 1 aliphatic carbocycles. The van der Waals surface area contributed by atoms with E-state index in [-0.39, 0.29) is 24.3 Å². The number of fused-ring (bicyclic) bond motifs is 1. The van der Waals surface area contributed by atoms with Crippen LogP contribution in [-0.2, 0) is 20.7 Å². The number of ether oxygens (including phenoxy) is 1. The number of carbonyl (C=O) groups is 2. The third-order valence-electron chi connectivity index (χ3n) is 4.02. The van der Waals surface area contributed by atoms with Crippen molar-refractivity contribution in [3.05, 3.63) is 35.4 Å². The smallest absolute Gasteiger partial charge is 0.325 e. The summed E-state index contributed by atoms with van der Waals surface area (Å²) in [7, 11) is 1.35. The van der Waals surface area contributed by atoms with Crippen LogP contribution in [0.3, 0.4) is 0 Å². The molecule has 0 bridgehead atoms. The van der Waals surface area contributed by atoms with E-state index >= 15 is 0 Å². The SMILES string of the molecule is CCCN(CC(=O)OC)C(=O)C1CCCc2ccccc21. The Morgan fingerprint density at radius 1 is 1.33 bits per heavy atom. The molecule has 2 rings (SSSR count). The van der Waals surface area contributed by atoms with Gasteiger partial charge in [0.25, 0.3) is 0 Å². The van der Waals surface area contributed by atoms with Gasteiger partial charge in [-0.05, 0) is 36.8 Å². The number of carbonyl (C=O) groups excluding carboxylic acids is 2. The van der Waals surface area contributed by atoms with Gasteiger partial charge < -0.3 is 9.64 Å². The maximum Gasteiger partial charge on any atom is 0.325 e. The molecule has 1 atom stereocenters. The number of rotatable bonds is 5. The Morgan fingerprint density at radius 3 is 2.81 bits per heavy atom. The van der Waals surface area contributed by atoms with Crippen molar-refractivity contribution in [1.29, 1.82) is 0 Å². The Hall–Kier alpha value is -1.84. The van der Waals surface area contributed by atoms with Crippen molar-refractivity contribution in [3.63, 3.8) is 0 Å². The highest BCUT2D eigenvalue weighted by Gasteiger charge is 2.30. The molecule has 0 saturated heterocycles. The van der Waals surface area contributed by atoms with Crippen LogP contribution in [0, 0.1) is 0 Å². The highest BCUT2D eigenvalue weighted by molar-refractivity contribution is 5.87. The van der Waals surface area contributed by atoms with E-state index in [1.54, 1.807) is 4.90 Å². The summed E-state index contributed by atoms with van der Waals surface area (Å²) in [6.45, 7) is 2.64. The molecular weight excluding hydrogens is 266 g/mol. The first-order valence-corrected chi connectivity index (χ1v) is 7.60. The van der Waals surface area contributed by atoms with Gasteiger partial charge in [0.05, 0.1) is 13.0 Å². The van der Waals surface area contributed by atoms with Gasteiger partial charge in [-0.3, -0.25) is 9.59 Å². The predicted molar refractivity (Wildman–Crippen MR) is 81.0 cm³/mol. The van der Waals surface area contributed by atoms with E-state index in [0.717, 1.165) is 31.2 Å². The Labute approximate surface area is 126 Å². The second-order valence-corrected chi connectivity index (χ2v) is 5.48. The molecule has 0 N–H and O–H groups in total. The second kappa shape index (κ2) is 7.25. The molecule has 1 aromatic carbocycles. The first-order valence-electron chi connectivity index (χ1n) is 7.60. The molecule has 0 fully saturated rings. The molecule has 0 aliphatic heterocycles. The molecule has 1 amide bonds. The van der Waals surface area contributed by atoms with E-state index in [9.17, 15) is 9.59 Å². The summed E-state index contributed by atoms with van der Waals surface area (Å²) < 4.78 is 4.70. The van der Waals surface area contributed by atoms with E-state index < -0.39 is 0 Å². The third kappa shape index (κ3) is 3.63.